The molecule has 5 heteroatoms. The second-order valence-electron chi connectivity index (χ2n) is 5.40. The minimum atomic E-state index is -0.809. The van der Waals surface area contributed by atoms with Crippen LogP contribution < -0.4 is 26.8 Å². The number of para-hydroxylation sites is 1. The van der Waals surface area contributed by atoms with Crippen LogP contribution in [0.5, 0.6) is 5.75 Å². The monoisotopic (exact) mass is 441 g/mol. The number of aromatic hydroxyl groups is 1. The van der Waals surface area contributed by atoms with Crippen LogP contribution in [0.3, 0.4) is 0 Å². The predicted molar refractivity (Wildman–Crippen MR) is 92.8 cm³/mol. The molecule has 0 aliphatic heterocycles. The molecule has 0 aliphatic rings. The van der Waals surface area contributed by atoms with E-state index in [0.29, 0.717) is 14.6 Å². The standard InChI is InChI=1S/C20H13IN2O2/c24-18-16-12-7-13-22-19(16)23(15-10-5-2-6-11-15)20(25)17(18)21-14-8-3-1-4-9-14/h1-13H/p+1. The van der Waals surface area contributed by atoms with Gasteiger partial charge in [-0.2, -0.15) is 0 Å². The van der Waals surface area contributed by atoms with Crippen LogP contribution in [0.1, 0.15) is 0 Å². The zero-order valence-corrected chi connectivity index (χ0v) is 15.3. The summed E-state index contributed by atoms with van der Waals surface area (Å²) in [6, 6.07) is 22.8. The molecule has 0 radical (unpaired) electrons. The van der Waals surface area contributed by atoms with Crippen molar-refractivity contribution in [1.82, 2.24) is 9.55 Å². The van der Waals surface area contributed by atoms with E-state index in [1.807, 2.05) is 60.7 Å². The molecular formula is C20H14IN2O2+. The Morgan fingerprint density at radius 2 is 1.56 bits per heavy atom. The van der Waals surface area contributed by atoms with E-state index in [0.717, 1.165) is 9.26 Å². The molecule has 4 rings (SSSR count). The summed E-state index contributed by atoms with van der Waals surface area (Å²) in [4.78, 5) is 17.5. The van der Waals surface area contributed by atoms with E-state index in [2.05, 4.69) is 4.98 Å². The first-order valence-electron chi connectivity index (χ1n) is 7.74. The molecule has 2 aromatic heterocycles. The Kier molecular flexibility index (Phi) is 4.23. The fourth-order valence-corrected chi connectivity index (χ4v) is 5.08. The van der Waals surface area contributed by atoms with Gasteiger partial charge in [0.15, 0.2) is 15.0 Å². The molecule has 0 fully saturated rings. The highest BCUT2D eigenvalue weighted by molar-refractivity contribution is 5.82. The number of pyridine rings is 2. The fourth-order valence-electron chi connectivity index (χ4n) is 2.66. The predicted octanol–water partition coefficient (Wildman–Crippen LogP) is 0.220. The van der Waals surface area contributed by atoms with E-state index in [-0.39, 0.29) is 11.3 Å². The van der Waals surface area contributed by atoms with Gasteiger partial charge in [0.25, 0.3) is 0 Å². The lowest BCUT2D eigenvalue weighted by molar-refractivity contribution is -0.600. The van der Waals surface area contributed by atoms with Gasteiger partial charge in [-0.1, -0.05) is 36.4 Å². The van der Waals surface area contributed by atoms with Gasteiger partial charge in [0, 0.05) is 6.20 Å². The van der Waals surface area contributed by atoms with E-state index >= 15 is 0 Å². The van der Waals surface area contributed by atoms with Gasteiger partial charge in [-0.3, -0.25) is 9.36 Å². The third kappa shape index (κ3) is 2.91. The Labute approximate surface area is 154 Å². The lowest BCUT2D eigenvalue weighted by Gasteiger charge is -2.10. The van der Waals surface area contributed by atoms with E-state index in [4.69, 9.17) is 0 Å². The van der Waals surface area contributed by atoms with Crippen molar-refractivity contribution in [2.75, 3.05) is 0 Å². The Bertz CT molecular complexity index is 1090. The van der Waals surface area contributed by atoms with Crippen molar-refractivity contribution >= 4 is 11.0 Å². The third-order valence-corrected chi connectivity index (χ3v) is 6.66. The SMILES string of the molecule is O=c1c([I+]c2ccccc2)c(O)c2cccnc2n1-c1ccccc1. The maximum absolute atomic E-state index is 13.2. The quantitative estimate of drug-likeness (QED) is 0.463. The maximum Gasteiger partial charge on any atom is 0.368 e. The molecule has 4 nitrogen and oxygen atoms in total. The van der Waals surface area contributed by atoms with Crippen LogP contribution in [-0.2, 0) is 0 Å². The first kappa shape index (κ1) is 15.8. The molecular weight excluding hydrogens is 427 g/mol. The van der Waals surface area contributed by atoms with Gasteiger partial charge < -0.3 is 5.11 Å². The average molecular weight is 441 g/mol. The van der Waals surface area contributed by atoms with E-state index < -0.39 is 21.2 Å². The van der Waals surface area contributed by atoms with Gasteiger partial charge in [-0.05, 0) is 36.4 Å². The van der Waals surface area contributed by atoms with Crippen LogP contribution in [0.2, 0.25) is 0 Å². The van der Waals surface area contributed by atoms with Gasteiger partial charge in [0.1, 0.15) is 0 Å². The van der Waals surface area contributed by atoms with Crippen molar-refractivity contribution in [3.63, 3.8) is 0 Å². The van der Waals surface area contributed by atoms with Crippen LogP contribution >= 0.6 is 0 Å². The molecule has 122 valence electrons. The number of fused-ring (bicyclic) bond motifs is 1. The second-order valence-corrected chi connectivity index (χ2v) is 8.27. The largest absolute Gasteiger partial charge is 0.503 e. The molecule has 0 saturated carbocycles. The number of nitrogens with zero attached hydrogens (tertiary/aromatic N) is 2. The highest BCUT2D eigenvalue weighted by atomic mass is 127. The molecule has 0 atom stereocenters. The van der Waals surface area contributed by atoms with Gasteiger partial charge >= 0.3 is 30.3 Å². The molecule has 0 spiro atoms. The minimum Gasteiger partial charge on any atom is -0.503 e. The molecule has 0 saturated heterocycles. The normalized spacial score (nSPS) is 10.9. The van der Waals surface area contributed by atoms with Crippen molar-refractivity contribution in [3.8, 4) is 11.4 Å². The molecule has 0 unspecified atom stereocenters. The number of benzene rings is 2. The van der Waals surface area contributed by atoms with Crippen molar-refractivity contribution in [1.29, 1.82) is 0 Å². The molecule has 2 heterocycles. The van der Waals surface area contributed by atoms with E-state index in [9.17, 15) is 9.90 Å². The Morgan fingerprint density at radius 3 is 2.28 bits per heavy atom. The smallest absolute Gasteiger partial charge is 0.368 e. The summed E-state index contributed by atoms with van der Waals surface area (Å²) in [7, 11) is 0. The van der Waals surface area contributed by atoms with Crippen LogP contribution in [0.25, 0.3) is 16.7 Å². The van der Waals surface area contributed by atoms with Crippen molar-refractivity contribution < 1.29 is 26.3 Å². The molecule has 2 aromatic carbocycles. The van der Waals surface area contributed by atoms with Crippen molar-refractivity contribution in [2.45, 2.75) is 0 Å². The van der Waals surface area contributed by atoms with Crippen LogP contribution in [0.15, 0.2) is 83.8 Å². The molecule has 0 amide bonds. The maximum atomic E-state index is 13.2. The van der Waals surface area contributed by atoms with Gasteiger partial charge in [0.2, 0.25) is 0 Å². The minimum absolute atomic E-state index is 0.0527. The Hall–Kier alpha value is -2.67. The summed E-state index contributed by atoms with van der Waals surface area (Å²) in [6.45, 7) is 0. The molecule has 0 aliphatic carbocycles. The number of hydrogen-bond acceptors (Lipinski definition) is 3. The molecule has 25 heavy (non-hydrogen) atoms. The highest BCUT2D eigenvalue weighted by Gasteiger charge is 2.29. The van der Waals surface area contributed by atoms with E-state index in [1.165, 1.54) is 0 Å². The number of halogens is 1. The summed E-state index contributed by atoms with van der Waals surface area (Å²) in [5.74, 6) is 0.0527. The molecule has 1 N–H and O–H groups in total. The summed E-state index contributed by atoms with van der Waals surface area (Å²) in [5.41, 5.74) is 1.01. The zero-order valence-electron chi connectivity index (χ0n) is 13.1. The lowest BCUT2D eigenvalue weighted by Crippen LogP contribution is -3.62. The van der Waals surface area contributed by atoms with Gasteiger partial charge in [0.05, 0.1) is 11.1 Å². The van der Waals surface area contributed by atoms with Gasteiger partial charge in [-0.25, -0.2) is 4.98 Å². The topological polar surface area (TPSA) is 55.1 Å². The lowest BCUT2D eigenvalue weighted by atomic mass is 10.2. The van der Waals surface area contributed by atoms with Crippen molar-refractivity contribution in [2.24, 2.45) is 0 Å². The number of rotatable bonds is 3. The summed E-state index contributed by atoms with van der Waals surface area (Å²) in [6.07, 6.45) is 1.63. The van der Waals surface area contributed by atoms with E-state index in [1.54, 1.807) is 22.9 Å². The van der Waals surface area contributed by atoms with Gasteiger partial charge in [-0.15, -0.1) is 0 Å². The number of aromatic nitrogens is 2. The Balaban J connectivity index is 2.03. The molecule has 0 bridgehead atoms. The summed E-state index contributed by atoms with van der Waals surface area (Å²) < 4.78 is 3.15. The zero-order chi connectivity index (χ0) is 17.2. The molecule has 4 aromatic rings. The van der Waals surface area contributed by atoms with Crippen molar-refractivity contribution in [3.05, 3.63) is 96.5 Å². The number of hydrogen-bond donors (Lipinski definition) is 1. The van der Waals surface area contributed by atoms with Crippen LogP contribution in [0, 0.1) is 7.14 Å². The first-order chi connectivity index (χ1) is 12.3. The second kappa shape index (κ2) is 6.68. The third-order valence-electron chi connectivity index (χ3n) is 3.80. The fraction of sp³-hybridized carbons (Fsp3) is 0. The Morgan fingerprint density at radius 1 is 0.880 bits per heavy atom. The average Bonchev–Trinajstić information content (AvgIpc) is 2.67. The highest BCUT2D eigenvalue weighted by Crippen LogP contribution is 2.22. The summed E-state index contributed by atoms with van der Waals surface area (Å²) >= 11 is -0.809. The summed E-state index contributed by atoms with van der Waals surface area (Å²) in [5, 5.41) is 11.3. The van der Waals surface area contributed by atoms with Crippen LogP contribution in [-0.4, -0.2) is 14.7 Å². The first-order valence-corrected chi connectivity index (χ1v) is 9.89. The van der Waals surface area contributed by atoms with Crippen LogP contribution in [0.4, 0.5) is 0 Å².